The van der Waals surface area contributed by atoms with Crippen molar-refractivity contribution in [2.24, 2.45) is 5.92 Å². The molecule has 3 aliphatic heterocycles. The van der Waals surface area contributed by atoms with Crippen LogP contribution in [0.3, 0.4) is 0 Å². The van der Waals surface area contributed by atoms with Gasteiger partial charge in [0, 0.05) is 61.8 Å². The Hall–Kier alpha value is -2.84. The first-order chi connectivity index (χ1) is 17.7. The van der Waals surface area contributed by atoms with E-state index in [1.165, 1.54) is 0 Å². The van der Waals surface area contributed by atoms with Gasteiger partial charge in [0.2, 0.25) is 0 Å². The SMILES string of the molecule is CC(C)OC(=O)C1=CN(C(=O)N2CCCC(CN3CCOCC3)C2)CC(C)(C)c2c1[nH]c1ccccc21. The number of fused-ring (bicyclic) bond motifs is 3. The number of esters is 1. The van der Waals surface area contributed by atoms with Crippen LogP contribution in [-0.4, -0.2) is 90.3 Å². The Balaban J connectivity index is 1.45. The van der Waals surface area contributed by atoms with Crippen molar-refractivity contribution in [3.05, 3.63) is 41.7 Å². The van der Waals surface area contributed by atoms with Gasteiger partial charge in [-0.25, -0.2) is 9.59 Å². The van der Waals surface area contributed by atoms with Gasteiger partial charge in [-0.3, -0.25) is 9.80 Å². The lowest BCUT2D eigenvalue weighted by molar-refractivity contribution is -0.140. The summed E-state index contributed by atoms with van der Waals surface area (Å²) in [6, 6.07) is 8.07. The normalized spacial score (nSPS) is 22.5. The van der Waals surface area contributed by atoms with Gasteiger partial charge in [0.1, 0.15) is 0 Å². The van der Waals surface area contributed by atoms with Gasteiger partial charge in [0.15, 0.2) is 0 Å². The van der Waals surface area contributed by atoms with Gasteiger partial charge in [0.05, 0.1) is 30.6 Å². The number of aromatic nitrogens is 1. The van der Waals surface area contributed by atoms with Crippen molar-refractivity contribution in [1.82, 2.24) is 19.7 Å². The van der Waals surface area contributed by atoms with Crippen LogP contribution in [0.25, 0.3) is 16.5 Å². The number of carbonyl (C=O) groups is 2. The van der Waals surface area contributed by atoms with Crippen LogP contribution in [0.2, 0.25) is 0 Å². The molecule has 1 aromatic carbocycles. The summed E-state index contributed by atoms with van der Waals surface area (Å²) in [6.07, 6.45) is 3.59. The third-order valence-electron chi connectivity index (χ3n) is 7.72. The first kappa shape index (κ1) is 25.8. The number of morpholine rings is 1. The molecule has 0 bridgehead atoms. The molecule has 8 heteroatoms. The lowest BCUT2D eigenvalue weighted by Gasteiger charge is -2.39. The second-order valence-corrected chi connectivity index (χ2v) is 11.6. The number of ether oxygens (including phenoxy) is 2. The Bertz CT molecular complexity index is 1180. The molecule has 1 aromatic heterocycles. The summed E-state index contributed by atoms with van der Waals surface area (Å²) in [5.41, 5.74) is 2.79. The minimum atomic E-state index is -0.415. The number of hydrogen-bond acceptors (Lipinski definition) is 5. The second-order valence-electron chi connectivity index (χ2n) is 11.6. The number of H-pyrrole nitrogens is 1. The number of piperidine rings is 1. The van der Waals surface area contributed by atoms with Crippen LogP contribution in [0, 0.1) is 5.92 Å². The molecule has 0 saturated carbocycles. The van der Waals surface area contributed by atoms with E-state index in [9.17, 15) is 9.59 Å². The van der Waals surface area contributed by atoms with Crippen LogP contribution in [0.4, 0.5) is 4.79 Å². The zero-order valence-electron chi connectivity index (χ0n) is 22.6. The minimum absolute atomic E-state index is 0.0379. The van der Waals surface area contributed by atoms with Crippen LogP contribution >= 0.6 is 0 Å². The molecule has 3 aliphatic rings. The predicted octanol–water partition coefficient (Wildman–Crippen LogP) is 4.22. The van der Waals surface area contributed by atoms with Crippen molar-refractivity contribution in [3.8, 4) is 0 Å². The minimum Gasteiger partial charge on any atom is -0.459 e. The predicted molar refractivity (Wildman–Crippen MR) is 144 cm³/mol. The van der Waals surface area contributed by atoms with E-state index < -0.39 is 5.97 Å². The maximum atomic E-state index is 14.0. The number of likely N-dealkylation sites (tertiary alicyclic amines) is 1. The van der Waals surface area contributed by atoms with Gasteiger partial charge in [0.25, 0.3) is 0 Å². The van der Waals surface area contributed by atoms with Crippen molar-refractivity contribution in [3.63, 3.8) is 0 Å². The number of rotatable bonds is 4. The maximum Gasteiger partial charge on any atom is 0.342 e. The van der Waals surface area contributed by atoms with Gasteiger partial charge in [-0.05, 0) is 44.2 Å². The molecule has 37 heavy (non-hydrogen) atoms. The molecule has 1 unspecified atom stereocenters. The number of benzene rings is 1. The van der Waals surface area contributed by atoms with Crippen molar-refractivity contribution in [2.45, 2.75) is 52.1 Å². The molecule has 0 radical (unpaired) electrons. The van der Waals surface area contributed by atoms with Crippen LogP contribution in [0.15, 0.2) is 30.5 Å². The highest BCUT2D eigenvalue weighted by Crippen LogP contribution is 2.40. The van der Waals surface area contributed by atoms with E-state index >= 15 is 0 Å². The van der Waals surface area contributed by atoms with E-state index in [1.807, 2.05) is 36.9 Å². The number of aromatic amines is 1. The smallest absolute Gasteiger partial charge is 0.342 e. The van der Waals surface area contributed by atoms with Gasteiger partial charge in [-0.2, -0.15) is 0 Å². The van der Waals surface area contributed by atoms with Gasteiger partial charge in [-0.15, -0.1) is 0 Å². The van der Waals surface area contributed by atoms with E-state index in [0.29, 0.717) is 18.0 Å². The number of hydrogen-bond donors (Lipinski definition) is 1. The second kappa shape index (κ2) is 10.5. The zero-order chi connectivity index (χ0) is 26.2. The fraction of sp³-hybridized carbons (Fsp3) is 0.586. The number of para-hydroxylation sites is 1. The number of nitrogens with zero attached hydrogens (tertiary/aromatic N) is 3. The highest BCUT2D eigenvalue weighted by molar-refractivity contribution is 6.18. The van der Waals surface area contributed by atoms with Crippen LogP contribution < -0.4 is 0 Å². The third-order valence-corrected chi connectivity index (χ3v) is 7.72. The van der Waals surface area contributed by atoms with E-state index in [4.69, 9.17) is 9.47 Å². The summed E-state index contributed by atoms with van der Waals surface area (Å²) >= 11 is 0. The zero-order valence-corrected chi connectivity index (χ0v) is 22.6. The summed E-state index contributed by atoms with van der Waals surface area (Å²) in [5.74, 6) is 0.0314. The average Bonchev–Trinajstić information content (AvgIpc) is 3.21. The van der Waals surface area contributed by atoms with Crippen molar-refractivity contribution in [1.29, 1.82) is 0 Å². The standard InChI is InChI=1S/C29H40N4O4/c1-20(2)37-27(34)23-18-33(19-29(3,4)25-22-9-5-6-10-24(22)30-26(23)25)28(35)32-11-7-8-21(17-32)16-31-12-14-36-15-13-31/h5-6,9-10,18,20-21,30H,7-8,11-17,19H2,1-4H3. The molecule has 0 spiro atoms. The molecule has 2 amide bonds. The molecule has 4 heterocycles. The molecule has 2 saturated heterocycles. The van der Waals surface area contributed by atoms with Crippen LogP contribution in [0.5, 0.6) is 0 Å². The topological polar surface area (TPSA) is 78.1 Å². The van der Waals surface area contributed by atoms with Crippen LogP contribution in [-0.2, 0) is 19.7 Å². The van der Waals surface area contributed by atoms with Crippen molar-refractivity contribution in [2.75, 3.05) is 52.5 Å². The summed E-state index contributed by atoms with van der Waals surface area (Å²) in [6.45, 7) is 14.4. The molecular formula is C29H40N4O4. The first-order valence-corrected chi connectivity index (χ1v) is 13.6. The van der Waals surface area contributed by atoms with Crippen molar-refractivity contribution >= 4 is 28.5 Å². The quantitative estimate of drug-likeness (QED) is 0.626. The molecular weight excluding hydrogens is 468 g/mol. The van der Waals surface area contributed by atoms with Gasteiger partial charge >= 0.3 is 12.0 Å². The number of amides is 2. The third kappa shape index (κ3) is 5.41. The molecule has 1 atom stereocenters. The largest absolute Gasteiger partial charge is 0.459 e. The van der Waals surface area contributed by atoms with E-state index in [-0.39, 0.29) is 17.6 Å². The average molecular weight is 509 g/mol. The van der Waals surface area contributed by atoms with E-state index in [2.05, 4.69) is 29.8 Å². The van der Waals surface area contributed by atoms with Gasteiger partial charge < -0.3 is 19.4 Å². The highest BCUT2D eigenvalue weighted by atomic mass is 16.5. The molecule has 200 valence electrons. The first-order valence-electron chi connectivity index (χ1n) is 13.6. The lowest BCUT2D eigenvalue weighted by atomic mass is 9.82. The molecule has 2 aromatic rings. The molecule has 0 aliphatic carbocycles. The van der Waals surface area contributed by atoms with Crippen molar-refractivity contribution < 1.29 is 19.1 Å². The fourth-order valence-electron chi connectivity index (χ4n) is 6.09. The molecule has 8 nitrogen and oxygen atoms in total. The monoisotopic (exact) mass is 508 g/mol. The summed E-state index contributed by atoms with van der Waals surface area (Å²) in [5, 5.41) is 1.07. The van der Waals surface area contributed by atoms with E-state index in [1.54, 1.807) is 11.1 Å². The number of nitrogens with one attached hydrogen (secondary N) is 1. The Morgan fingerprint density at radius 2 is 1.92 bits per heavy atom. The molecule has 2 fully saturated rings. The number of carbonyl (C=O) groups excluding carboxylic acids is 2. The van der Waals surface area contributed by atoms with Gasteiger partial charge in [-0.1, -0.05) is 32.0 Å². The molecule has 1 N–H and O–H groups in total. The summed E-state index contributed by atoms with van der Waals surface area (Å²) in [4.78, 5) is 37.0. The lowest BCUT2D eigenvalue weighted by Crippen LogP contribution is -2.50. The highest BCUT2D eigenvalue weighted by Gasteiger charge is 2.39. The summed E-state index contributed by atoms with van der Waals surface area (Å²) < 4.78 is 11.1. The Morgan fingerprint density at radius 1 is 1.16 bits per heavy atom. The summed E-state index contributed by atoms with van der Waals surface area (Å²) in [7, 11) is 0. The Morgan fingerprint density at radius 3 is 2.68 bits per heavy atom. The molecule has 5 rings (SSSR count). The number of urea groups is 1. The van der Waals surface area contributed by atoms with Crippen LogP contribution in [0.1, 0.15) is 51.8 Å². The Labute approximate surface area is 219 Å². The Kier molecular flexibility index (Phi) is 7.32. The maximum absolute atomic E-state index is 14.0. The van der Waals surface area contributed by atoms with E-state index in [0.717, 1.165) is 80.9 Å². The fourth-order valence-corrected chi connectivity index (χ4v) is 6.09.